The van der Waals surface area contributed by atoms with E-state index in [-0.39, 0.29) is 19.1 Å². The molecule has 0 aliphatic heterocycles. The first-order valence-corrected chi connectivity index (χ1v) is 5.54. The van der Waals surface area contributed by atoms with Crippen molar-refractivity contribution in [3.8, 4) is 11.5 Å². The predicted octanol–water partition coefficient (Wildman–Crippen LogP) is -0.0965. The molecule has 2 aromatic rings. The number of rotatable bonds is 6. The van der Waals surface area contributed by atoms with E-state index in [9.17, 15) is 4.79 Å². The molecule has 0 aliphatic rings. The standard InChI is InChI=1S/C11H13N5O3/c1-18-8-4-2-3-5-9(8)19-7-11(17)12-6-10-13-15-16-14-10/h2-5H,6-7H2,1H3,(H,12,17)(H,13,14,15,16). The van der Waals surface area contributed by atoms with Gasteiger partial charge in [-0.25, -0.2) is 0 Å². The Hall–Kier alpha value is -2.64. The van der Waals surface area contributed by atoms with Crippen molar-refractivity contribution in [1.29, 1.82) is 0 Å². The Bertz CT molecular complexity index is 529. The largest absolute Gasteiger partial charge is 0.493 e. The second-order valence-electron chi connectivity index (χ2n) is 3.54. The third-order valence-electron chi connectivity index (χ3n) is 2.26. The highest BCUT2D eigenvalue weighted by atomic mass is 16.5. The number of aromatic nitrogens is 4. The van der Waals surface area contributed by atoms with Crippen LogP contribution in [0.3, 0.4) is 0 Å². The van der Waals surface area contributed by atoms with Crippen LogP contribution in [0.25, 0.3) is 0 Å². The summed E-state index contributed by atoms with van der Waals surface area (Å²) in [6.07, 6.45) is 0. The summed E-state index contributed by atoms with van der Waals surface area (Å²) < 4.78 is 10.5. The van der Waals surface area contributed by atoms with Gasteiger partial charge in [0.05, 0.1) is 13.7 Å². The molecule has 8 heteroatoms. The van der Waals surface area contributed by atoms with E-state index in [2.05, 4.69) is 25.9 Å². The number of tetrazole rings is 1. The van der Waals surface area contributed by atoms with Crippen molar-refractivity contribution in [2.45, 2.75) is 6.54 Å². The number of methoxy groups -OCH3 is 1. The number of carbonyl (C=O) groups excluding carboxylic acids is 1. The van der Waals surface area contributed by atoms with Crippen LogP contribution in [-0.2, 0) is 11.3 Å². The van der Waals surface area contributed by atoms with Crippen molar-refractivity contribution in [3.05, 3.63) is 30.1 Å². The Kier molecular flexibility index (Phi) is 4.27. The number of hydrogen-bond donors (Lipinski definition) is 2. The summed E-state index contributed by atoms with van der Waals surface area (Å²) >= 11 is 0. The van der Waals surface area contributed by atoms with Gasteiger partial charge in [-0.3, -0.25) is 4.79 Å². The first-order chi connectivity index (χ1) is 9.29. The van der Waals surface area contributed by atoms with Crippen LogP contribution in [0, 0.1) is 0 Å². The molecule has 0 saturated heterocycles. The van der Waals surface area contributed by atoms with Crippen LogP contribution in [0.2, 0.25) is 0 Å². The minimum absolute atomic E-state index is 0.113. The van der Waals surface area contributed by atoms with E-state index in [1.165, 1.54) is 0 Å². The highest BCUT2D eigenvalue weighted by Gasteiger charge is 2.07. The lowest BCUT2D eigenvalue weighted by Gasteiger charge is -2.09. The first kappa shape index (κ1) is 12.8. The van der Waals surface area contributed by atoms with Gasteiger partial charge >= 0.3 is 0 Å². The maximum atomic E-state index is 11.5. The number of amides is 1. The van der Waals surface area contributed by atoms with Gasteiger partial charge in [0.25, 0.3) is 5.91 Å². The van der Waals surface area contributed by atoms with E-state index >= 15 is 0 Å². The van der Waals surface area contributed by atoms with E-state index in [1.807, 2.05) is 6.07 Å². The summed E-state index contributed by atoms with van der Waals surface area (Å²) in [6.45, 7) is 0.0862. The van der Waals surface area contributed by atoms with Crippen molar-refractivity contribution >= 4 is 5.91 Å². The zero-order valence-corrected chi connectivity index (χ0v) is 10.3. The number of nitrogens with zero attached hydrogens (tertiary/aromatic N) is 3. The second-order valence-corrected chi connectivity index (χ2v) is 3.54. The summed E-state index contributed by atoms with van der Waals surface area (Å²) in [5, 5.41) is 15.7. The minimum atomic E-state index is -0.282. The molecule has 0 bridgehead atoms. The van der Waals surface area contributed by atoms with Gasteiger partial charge in [-0.1, -0.05) is 17.3 Å². The maximum Gasteiger partial charge on any atom is 0.258 e. The van der Waals surface area contributed by atoms with E-state index in [0.29, 0.717) is 17.3 Å². The van der Waals surface area contributed by atoms with Crippen molar-refractivity contribution in [2.75, 3.05) is 13.7 Å². The molecule has 8 nitrogen and oxygen atoms in total. The zero-order chi connectivity index (χ0) is 13.5. The highest BCUT2D eigenvalue weighted by molar-refractivity contribution is 5.77. The Morgan fingerprint density at radius 2 is 2.16 bits per heavy atom. The Balaban J connectivity index is 1.80. The van der Waals surface area contributed by atoms with Gasteiger partial charge in [0, 0.05) is 0 Å². The zero-order valence-electron chi connectivity index (χ0n) is 10.3. The summed E-state index contributed by atoms with van der Waals surface area (Å²) in [4.78, 5) is 11.5. The predicted molar refractivity (Wildman–Crippen MR) is 64.5 cm³/mol. The summed E-state index contributed by atoms with van der Waals surface area (Å²) in [6, 6.07) is 7.11. The summed E-state index contributed by atoms with van der Waals surface area (Å²) in [5.41, 5.74) is 0. The number of aromatic amines is 1. The van der Waals surface area contributed by atoms with E-state index < -0.39 is 0 Å². The molecule has 1 heterocycles. The smallest absolute Gasteiger partial charge is 0.258 e. The number of para-hydroxylation sites is 2. The molecule has 1 aromatic carbocycles. The van der Waals surface area contributed by atoms with Crippen molar-refractivity contribution in [1.82, 2.24) is 25.9 Å². The van der Waals surface area contributed by atoms with Crippen LogP contribution in [0.5, 0.6) is 11.5 Å². The molecule has 0 radical (unpaired) electrons. The molecule has 2 N–H and O–H groups in total. The lowest BCUT2D eigenvalue weighted by Crippen LogP contribution is -2.28. The number of hydrogen-bond acceptors (Lipinski definition) is 6. The number of carbonyl (C=O) groups is 1. The molecule has 2 rings (SSSR count). The molecule has 1 aromatic heterocycles. The van der Waals surface area contributed by atoms with Gasteiger partial charge in [-0.15, -0.1) is 10.2 Å². The van der Waals surface area contributed by atoms with Gasteiger partial charge in [-0.2, -0.15) is 5.21 Å². The Labute approximate surface area is 109 Å². The molecular weight excluding hydrogens is 250 g/mol. The molecule has 0 aliphatic carbocycles. The van der Waals surface area contributed by atoms with Crippen LogP contribution >= 0.6 is 0 Å². The first-order valence-electron chi connectivity index (χ1n) is 5.54. The monoisotopic (exact) mass is 263 g/mol. The second kappa shape index (κ2) is 6.34. The van der Waals surface area contributed by atoms with Gasteiger partial charge < -0.3 is 14.8 Å². The highest BCUT2D eigenvalue weighted by Crippen LogP contribution is 2.25. The fourth-order valence-corrected chi connectivity index (χ4v) is 1.37. The lowest BCUT2D eigenvalue weighted by molar-refractivity contribution is -0.123. The van der Waals surface area contributed by atoms with E-state index in [1.54, 1.807) is 25.3 Å². The SMILES string of the molecule is COc1ccccc1OCC(=O)NCc1nn[nH]n1. The molecular formula is C11H13N5O3. The maximum absolute atomic E-state index is 11.5. The van der Waals surface area contributed by atoms with Crippen molar-refractivity contribution in [3.63, 3.8) is 0 Å². The van der Waals surface area contributed by atoms with Gasteiger partial charge in [-0.05, 0) is 12.1 Å². The molecule has 1 amide bonds. The average molecular weight is 263 g/mol. The normalized spacial score (nSPS) is 9.95. The van der Waals surface area contributed by atoms with E-state index in [0.717, 1.165) is 0 Å². The summed E-state index contributed by atoms with van der Waals surface area (Å²) in [7, 11) is 1.54. The fraction of sp³-hybridized carbons (Fsp3) is 0.273. The summed E-state index contributed by atoms with van der Waals surface area (Å²) in [5.74, 6) is 1.22. The Morgan fingerprint density at radius 3 is 2.84 bits per heavy atom. The van der Waals surface area contributed by atoms with Gasteiger partial charge in [0.1, 0.15) is 0 Å². The number of nitrogens with one attached hydrogen (secondary N) is 2. The number of H-pyrrole nitrogens is 1. The lowest BCUT2D eigenvalue weighted by atomic mass is 10.3. The quantitative estimate of drug-likeness (QED) is 0.754. The van der Waals surface area contributed by atoms with Crippen LogP contribution in [-0.4, -0.2) is 40.2 Å². The van der Waals surface area contributed by atoms with Gasteiger partial charge in [0.15, 0.2) is 23.9 Å². The van der Waals surface area contributed by atoms with E-state index in [4.69, 9.17) is 9.47 Å². The molecule has 19 heavy (non-hydrogen) atoms. The fourth-order valence-electron chi connectivity index (χ4n) is 1.37. The molecule has 100 valence electrons. The molecule has 0 saturated carbocycles. The molecule has 0 spiro atoms. The Morgan fingerprint density at radius 1 is 1.37 bits per heavy atom. The third kappa shape index (κ3) is 3.66. The van der Waals surface area contributed by atoms with Crippen LogP contribution in [0.15, 0.2) is 24.3 Å². The number of ether oxygens (including phenoxy) is 2. The number of benzene rings is 1. The third-order valence-corrected chi connectivity index (χ3v) is 2.26. The molecule has 0 atom stereocenters. The van der Waals surface area contributed by atoms with Crippen LogP contribution in [0.4, 0.5) is 0 Å². The van der Waals surface area contributed by atoms with Crippen LogP contribution < -0.4 is 14.8 Å². The van der Waals surface area contributed by atoms with Crippen LogP contribution in [0.1, 0.15) is 5.82 Å². The van der Waals surface area contributed by atoms with Gasteiger partial charge in [0.2, 0.25) is 0 Å². The topological polar surface area (TPSA) is 102 Å². The van der Waals surface area contributed by atoms with Crippen molar-refractivity contribution < 1.29 is 14.3 Å². The molecule has 0 fully saturated rings. The molecule has 0 unspecified atom stereocenters. The minimum Gasteiger partial charge on any atom is -0.493 e. The van der Waals surface area contributed by atoms with Crippen molar-refractivity contribution in [2.24, 2.45) is 0 Å². The average Bonchev–Trinajstić information content (AvgIpc) is 2.96.